The quantitative estimate of drug-likeness (QED) is 0.838. The van der Waals surface area contributed by atoms with Gasteiger partial charge in [0.2, 0.25) is 5.91 Å². The summed E-state index contributed by atoms with van der Waals surface area (Å²) < 4.78 is 10.5. The molecule has 1 aromatic heterocycles. The zero-order chi connectivity index (χ0) is 18.5. The number of nitrogens with one attached hydrogen (secondary N) is 1. The third-order valence-electron chi connectivity index (χ3n) is 4.71. The average molecular weight is 378 g/mol. The molecule has 0 bridgehead atoms. The normalized spacial score (nSPS) is 17.0. The van der Waals surface area contributed by atoms with Gasteiger partial charge in [-0.05, 0) is 37.3 Å². The second kappa shape index (κ2) is 8.58. The van der Waals surface area contributed by atoms with E-state index in [0.29, 0.717) is 16.5 Å². The summed E-state index contributed by atoms with van der Waals surface area (Å²) in [5.41, 5.74) is 0.670. The van der Waals surface area contributed by atoms with Gasteiger partial charge in [0, 0.05) is 31.9 Å². The molecule has 1 saturated heterocycles. The number of hydrogen-bond donors (Lipinski definition) is 1. The Morgan fingerprint density at radius 3 is 2.69 bits per heavy atom. The van der Waals surface area contributed by atoms with Crippen LogP contribution in [0.5, 0.6) is 5.75 Å². The summed E-state index contributed by atoms with van der Waals surface area (Å²) in [7, 11) is 1.56. The topological polar surface area (TPSA) is 58.0 Å². The van der Waals surface area contributed by atoms with Crippen molar-refractivity contribution < 1.29 is 13.9 Å². The summed E-state index contributed by atoms with van der Waals surface area (Å²) in [4.78, 5) is 17.1. The smallest absolute Gasteiger partial charge is 0.241 e. The van der Waals surface area contributed by atoms with Gasteiger partial charge in [-0.15, -0.1) is 0 Å². The van der Waals surface area contributed by atoms with Crippen LogP contribution in [0.3, 0.4) is 0 Å². The van der Waals surface area contributed by atoms with E-state index >= 15 is 0 Å². The number of rotatable bonds is 6. The van der Waals surface area contributed by atoms with Crippen molar-refractivity contribution in [1.82, 2.24) is 9.80 Å². The third kappa shape index (κ3) is 4.58. The molecule has 3 rings (SSSR count). The molecule has 2 aromatic rings. The maximum atomic E-state index is 12.6. The van der Waals surface area contributed by atoms with Crippen LogP contribution in [-0.2, 0) is 11.3 Å². The monoisotopic (exact) mass is 377 g/mol. The number of piperazine rings is 1. The first kappa shape index (κ1) is 18.8. The van der Waals surface area contributed by atoms with Gasteiger partial charge in [0.25, 0.3) is 0 Å². The van der Waals surface area contributed by atoms with Crippen molar-refractivity contribution in [2.45, 2.75) is 19.5 Å². The second-order valence-corrected chi connectivity index (χ2v) is 6.81. The molecular weight excluding hydrogens is 354 g/mol. The molecule has 1 aliphatic heterocycles. The fraction of sp³-hybridized carbons (Fsp3) is 0.421. The largest absolute Gasteiger partial charge is 0.495 e. The highest BCUT2D eigenvalue weighted by molar-refractivity contribution is 6.32. The Morgan fingerprint density at radius 2 is 2.08 bits per heavy atom. The zero-order valence-corrected chi connectivity index (χ0v) is 15.8. The molecule has 0 unspecified atom stereocenters. The van der Waals surface area contributed by atoms with E-state index < -0.39 is 0 Å². The van der Waals surface area contributed by atoms with E-state index in [2.05, 4.69) is 15.1 Å². The molecule has 140 valence electrons. The summed E-state index contributed by atoms with van der Waals surface area (Å²) in [6.07, 6.45) is 1.70. The zero-order valence-electron chi connectivity index (χ0n) is 15.1. The predicted molar refractivity (Wildman–Crippen MR) is 102 cm³/mol. The van der Waals surface area contributed by atoms with Gasteiger partial charge < -0.3 is 14.5 Å². The number of nitrogens with zero attached hydrogens (tertiary/aromatic N) is 2. The van der Waals surface area contributed by atoms with Crippen LogP contribution in [0.25, 0.3) is 0 Å². The Balaban J connectivity index is 1.50. The van der Waals surface area contributed by atoms with Gasteiger partial charge >= 0.3 is 0 Å². The molecule has 1 aromatic carbocycles. The molecule has 0 saturated carbocycles. The Labute approximate surface area is 158 Å². The molecule has 7 heteroatoms. The van der Waals surface area contributed by atoms with E-state index in [0.717, 1.165) is 38.5 Å². The Morgan fingerprint density at radius 1 is 1.31 bits per heavy atom. The SMILES string of the molecule is COc1ccc(NC(=O)[C@@H](C)N2CCN(Cc3ccco3)CC2)cc1Cl. The van der Waals surface area contributed by atoms with Crippen LogP contribution in [-0.4, -0.2) is 55.0 Å². The van der Waals surface area contributed by atoms with E-state index in [9.17, 15) is 4.79 Å². The number of furan rings is 1. The van der Waals surface area contributed by atoms with Gasteiger partial charge in [-0.25, -0.2) is 0 Å². The maximum absolute atomic E-state index is 12.6. The molecule has 2 heterocycles. The fourth-order valence-corrected chi connectivity index (χ4v) is 3.35. The number of hydrogen-bond acceptors (Lipinski definition) is 5. The summed E-state index contributed by atoms with van der Waals surface area (Å²) >= 11 is 6.12. The highest BCUT2D eigenvalue weighted by Gasteiger charge is 2.26. The summed E-state index contributed by atoms with van der Waals surface area (Å²) in [6, 6.07) is 8.92. The molecule has 1 fully saturated rings. The van der Waals surface area contributed by atoms with Crippen molar-refractivity contribution >= 4 is 23.2 Å². The molecule has 1 atom stereocenters. The molecule has 0 spiro atoms. The summed E-state index contributed by atoms with van der Waals surface area (Å²) in [5.74, 6) is 1.52. The van der Waals surface area contributed by atoms with Gasteiger partial charge in [0.1, 0.15) is 11.5 Å². The van der Waals surface area contributed by atoms with E-state index in [1.165, 1.54) is 0 Å². The van der Waals surface area contributed by atoms with E-state index in [1.54, 1.807) is 31.6 Å². The minimum absolute atomic E-state index is 0.0364. The van der Waals surface area contributed by atoms with Crippen LogP contribution in [0, 0.1) is 0 Å². The van der Waals surface area contributed by atoms with Crippen molar-refractivity contribution in [3.63, 3.8) is 0 Å². The van der Waals surface area contributed by atoms with Crippen LogP contribution >= 0.6 is 11.6 Å². The first-order valence-electron chi connectivity index (χ1n) is 8.70. The molecule has 6 nitrogen and oxygen atoms in total. The van der Waals surface area contributed by atoms with Crippen molar-refractivity contribution in [2.75, 3.05) is 38.6 Å². The van der Waals surface area contributed by atoms with Crippen molar-refractivity contribution in [1.29, 1.82) is 0 Å². The van der Waals surface area contributed by atoms with Crippen molar-refractivity contribution in [3.05, 3.63) is 47.4 Å². The van der Waals surface area contributed by atoms with Crippen LogP contribution < -0.4 is 10.1 Å². The van der Waals surface area contributed by atoms with E-state index in [4.69, 9.17) is 20.8 Å². The lowest BCUT2D eigenvalue weighted by Gasteiger charge is -2.37. The number of benzene rings is 1. The van der Waals surface area contributed by atoms with Gasteiger partial charge in [-0.3, -0.25) is 14.6 Å². The van der Waals surface area contributed by atoms with Crippen LogP contribution in [0.2, 0.25) is 5.02 Å². The number of methoxy groups -OCH3 is 1. The molecule has 1 aliphatic rings. The van der Waals surface area contributed by atoms with Crippen LogP contribution in [0.1, 0.15) is 12.7 Å². The average Bonchev–Trinajstić information content (AvgIpc) is 3.15. The lowest BCUT2D eigenvalue weighted by molar-refractivity contribution is -0.121. The highest BCUT2D eigenvalue weighted by atomic mass is 35.5. The molecule has 1 amide bonds. The summed E-state index contributed by atoms with van der Waals surface area (Å²) in [5, 5.41) is 3.41. The van der Waals surface area contributed by atoms with Gasteiger partial charge in [-0.1, -0.05) is 11.6 Å². The number of ether oxygens (including phenoxy) is 1. The maximum Gasteiger partial charge on any atom is 0.241 e. The minimum Gasteiger partial charge on any atom is -0.495 e. The molecule has 0 aliphatic carbocycles. The minimum atomic E-state index is -0.207. The molecular formula is C19H24ClN3O3. The standard InChI is InChI=1S/C19H24ClN3O3/c1-14(19(24)21-15-5-6-18(25-2)17(20)12-15)23-9-7-22(8-10-23)13-16-4-3-11-26-16/h3-6,11-12,14H,7-10,13H2,1-2H3,(H,21,24)/t14-/m1/s1. The number of anilines is 1. The lowest BCUT2D eigenvalue weighted by atomic mass is 10.2. The van der Waals surface area contributed by atoms with Gasteiger partial charge in [0.05, 0.1) is 31.0 Å². The highest BCUT2D eigenvalue weighted by Crippen LogP contribution is 2.27. The van der Waals surface area contributed by atoms with Crippen LogP contribution in [0.15, 0.2) is 41.0 Å². The first-order chi connectivity index (χ1) is 12.6. The third-order valence-corrected chi connectivity index (χ3v) is 5.01. The number of halogens is 1. The molecule has 26 heavy (non-hydrogen) atoms. The molecule has 1 N–H and O–H groups in total. The predicted octanol–water partition coefficient (Wildman–Crippen LogP) is 3.09. The number of amides is 1. The van der Waals surface area contributed by atoms with Crippen molar-refractivity contribution in [2.24, 2.45) is 0 Å². The van der Waals surface area contributed by atoms with Gasteiger partial charge in [-0.2, -0.15) is 0 Å². The van der Waals surface area contributed by atoms with Crippen molar-refractivity contribution in [3.8, 4) is 5.75 Å². The fourth-order valence-electron chi connectivity index (χ4n) is 3.09. The van der Waals surface area contributed by atoms with Gasteiger partial charge in [0.15, 0.2) is 0 Å². The van der Waals surface area contributed by atoms with E-state index in [-0.39, 0.29) is 11.9 Å². The Bertz CT molecular complexity index is 728. The summed E-state index contributed by atoms with van der Waals surface area (Å²) in [6.45, 7) is 6.26. The number of carbonyl (C=O) groups excluding carboxylic acids is 1. The molecule has 0 radical (unpaired) electrons. The first-order valence-corrected chi connectivity index (χ1v) is 9.08. The number of carbonyl (C=O) groups is 1. The Hall–Kier alpha value is -2.02. The Kier molecular flexibility index (Phi) is 6.19. The second-order valence-electron chi connectivity index (χ2n) is 6.41. The lowest BCUT2D eigenvalue weighted by Crippen LogP contribution is -2.52. The van der Waals surface area contributed by atoms with Crippen LogP contribution in [0.4, 0.5) is 5.69 Å². The van der Waals surface area contributed by atoms with E-state index in [1.807, 2.05) is 19.1 Å².